The molecule has 46 valence electrons. The maximum atomic E-state index is 9.70. The lowest BCUT2D eigenvalue weighted by atomic mass is 10.7. The SMILES string of the molecule is CC#N.CNC(C)=O. The summed E-state index contributed by atoms with van der Waals surface area (Å²) in [4.78, 5) is 9.70. The zero-order valence-corrected chi connectivity index (χ0v) is 5.36. The molecule has 0 spiro atoms. The molecule has 0 unspecified atom stereocenters. The van der Waals surface area contributed by atoms with Crippen molar-refractivity contribution >= 4 is 5.91 Å². The van der Waals surface area contributed by atoms with Crippen molar-refractivity contribution in [1.29, 1.82) is 5.26 Å². The summed E-state index contributed by atoms with van der Waals surface area (Å²) in [6.45, 7) is 2.90. The van der Waals surface area contributed by atoms with E-state index >= 15 is 0 Å². The molecule has 0 heterocycles. The summed E-state index contributed by atoms with van der Waals surface area (Å²) >= 11 is 0. The summed E-state index contributed by atoms with van der Waals surface area (Å²) < 4.78 is 0. The topological polar surface area (TPSA) is 52.9 Å². The first-order chi connectivity index (χ1) is 3.68. The summed E-state index contributed by atoms with van der Waals surface area (Å²) in [6, 6.07) is 1.75. The van der Waals surface area contributed by atoms with E-state index in [1.165, 1.54) is 13.8 Å². The van der Waals surface area contributed by atoms with Crippen LogP contribution in [0.3, 0.4) is 0 Å². The smallest absolute Gasteiger partial charge is 0.216 e. The Kier molecular flexibility index (Phi) is 11.7. The highest BCUT2D eigenvalue weighted by molar-refractivity contribution is 5.72. The molecule has 0 aliphatic carbocycles. The maximum absolute atomic E-state index is 9.70. The van der Waals surface area contributed by atoms with E-state index in [2.05, 4.69) is 5.32 Å². The van der Waals surface area contributed by atoms with E-state index in [4.69, 9.17) is 5.26 Å². The number of hydrogen-bond acceptors (Lipinski definition) is 2. The third-order valence-corrected chi connectivity index (χ3v) is 0.352. The molecule has 0 aliphatic rings. The molecule has 0 aromatic rings. The molecule has 1 amide bonds. The molecule has 3 nitrogen and oxygen atoms in total. The number of nitrogens with zero attached hydrogens (tertiary/aromatic N) is 1. The molecule has 0 saturated carbocycles. The lowest BCUT2D eigenvalue weighted by molar-refractivity contribution is -0.118. The van der Waals surface area contributed by atoms with Crippen LogP contribution in [0.2, 0.25) is 0 Å². The van der Waals surface area contributed by atoms with Crippen molar-refractivity contribution in [2.24, 2.45) is 0 Å². The Labute approximate surface area is 49.3 Å². The molecule has 0 rings (SSSR count). The van der Waals surface area contributed by atoms with Crippen molar-refractivity contribution in [3.63, 3.8) is 0 Å². The van der Waals surface area contributed by atoms with Gasteiger partial charge in [-0.05, 0) is 0 Å². The average molecular weight is 114 g/mol. The van der Waals surface area contributed by atoms with Gasteiger partial charge in [0.15, 0.2) is 0 Å². The van der Waals surface area contributed by atoms with Gasteiger partial charge < -0.3 is 5.32 Å². The second kappa shape index (κ2) is 9.35. The summed E-state index contributed by atoms with van der Waals surface area (Å²) in [5.41, 5.74) is 0. The molecular weight excluding hydrogens is 104 g/mol. The standard InChI is InChI=1S/C3H7NO.C2H3N/c1-3(5)4-2;1-2-3/h1-2H3,(H,4,5);1H3. The lowest BCUT2D eigenvalue weighted by Crippen LogP contribution is -2.11. The van der Waals surface area contributed by atoms with Crippen LogP contribution >= 0.6 is 0 Å². The summed E-state index contributed by atoms with van der Waals surface area (Å²) in [5.74, 6) is 0.00463. The van der Waals surface area contributed by atoms with Crippen LogP contribution in [0.1, 0.15) is 13.8 Å². The van der Waals surface area contributed by atoms with Crippen LogP contribution in [0, 0.1) is 11.3 Å². The normalized spacial score (nSPS) is 5.25. The van der Waals surface area contributed by atoms with Gasteiger partial charge in [0.2, 0.25) is 5.91 Å². The minimum absolute atomic E-state index is 0.00463. The van der Waals surface area contributed by atoms with Crippen LogP contribution in [0.25, 0.3) is 0 Å². The van der Waals surface area contributed by atoms with E-state index in [-0.39, 0.29) is 5.91 Å². The summed E-state index contributed by atoms with van der Waals surface area (Å²) in [6.07, 6.45) is 0. The van der Waals surface area contributed by atoms with E-state index in [0.29, 0.717) is 0 Å². The van der Waals surface area contributed by atoms with Gasteiger partial charge in [-0.25, -0.2) is 0 Å². The van der Waals surface area contributed by atoms with Crippen molar-refractivity contribution in [3.8, 4) is 6.07 Å². The van der Waals surface area contributed by atoms with Crippen molar-refractivity contribution < 1.29 is 4.79 Å². The fraction of sp³-hybridized carbons (Fsp3) is 0.600. The van der Waals surface area contributed by atoms with Crippen molar-refractivity contribution in [2.75, 3.05) is 7.05 Å². The van der Waals surface area contributed by atoms with Crippen molar-refractivity contribution in [1.82, 2.24) is 5.32 Å². The largest absolute Gasteiger partial charge is 0.359 e. The molecule has 0 saturated heterocycles. The number of nitriles is 1. The van der Waals surface area contributed by atoms with Gasteiger partial charge in [0.05, 0.1) is 6.07 Å². The summed E-state index contributed by atoms with van der Waals surface area (Å²) in [7, 11) is 1.60. The molecule has 8 heavy (non-hydrogen) atoms. The fourth-order valence-corrected chi connectivity index (χ4v) is 0. The predicted molar refractivity (Wildman–Crippen MR) is 31.0 cm³/mol. The van der Waals surface area contributed by atoms with E-state index in [1.807, 2.05) is 0 Å². The molecule has 0 radical (unpaired) electrons. The number of rotatable bonds is 0. The van der Waals surface area contributed by atoms with E-state index in [9.17, 15) is 4.79 Å². The van der Waals surface area contributed by atoms with Gasteiger partial charge in [-0.15, -0.1) is 0 Å². The molecule has 0 bridgehead atoms. The number of carbonyl (C=O) groups excluding carboxylic acids is 1. The van der Waals surface area contributed by atoms with Gasteiger partial charge in [0.1, 0.15) is 0 Å². The Morgan fingerprint density at radius 2 is 1.88 bits per heavy atom. The number of amides is 1. The van der Waals surface area contributed by atoms with E-state index < -0.39 is 0 Å². The predicted octanol–water partition coefficient (Wildman–Crippen LogP) is 0.282. The van der Waals surface area contributed by atoms with Crippen LogP contribution in [0.5, 0.6) is 0 Å². The average Bonchev–Trinajstić information content (AvgIpc) is 1.69. The zero-order valence-electron chi connectivity index (χ0n) is 5.36. The molecule has 3 heteroatoms. The Bertz CT molecular complexity index is 93.1. The Morgan fingerprint density at radius 3 is 1.88 bits per heavy atom. The number of hydrogen-bond donors (Lipinski definition) is 1. The first-order valence-electron chi connectivity index (χ1n) is 2.18. The maximum Gasteiger partial charge on any atom is 0.216 e. The number of nitrogens with one attached hydrogen (secondary N) is 1. The number of carbonyl (C=O) groups is 1. The minimum Gasteiger partial charge on any atom is -0.359 e. The van der Waals surface area contributed by atoms with Gasteiger partial charge in [0, 0.05) is 20.9 Å². The quantitative estimate of drug-likeness (QED) is 0.492. The highest BCUT2D eigenvalue weighted by Crippen LogP contribution is 1.45. The molecule has 0 aromatic carbocycles. The minimum atomic E-state index is 0.00463. The molecule has 0 aromatic heterocycles. The first kappa shape index (κ1) is 10.0. The highest BCUT2D eigenvalue weighted by Gasteiger charge is 1.72. The monoisotopic (exact) mass is 114 g/mol. The molecule has 1 N–H and O–H groups in total. The summed E-state index contributed by atoms with van der Waals surface area (Å²) in [5, 5.41) is 9.71. The Morgan fingerprint density at radius 1 is 1.75 bits per heavy atom. The van der Waals surface area contributed by atoms with Crippen LogP contribution in [-0.4, -0.2) is 13.0 Å². The van der Waals surface area contributed by atoms with Crippen LogP contribution in [-0.2, 0) is 4.79 Å². The van der Waals surface area contributed by atoms with Crippen molar-refractivity contribution in [3.05, 3.63) is 0 Å². The van der Waals surface area contributed by atoms with Gasteiger partial charge in [0.25, 0.3) is 0 Å². The van der Waals surface area contributed by atoms with E-state index in [0.717, 1.165) is 0 Å². The Balaban J connectivity index is 0. The third-order valence-electron chi connectivity index (χ3n) is 0.352. The van der Waals surface area contributed by atoms with Crippen molar-refractivity contribution in [2.45, 2.75) is 13.8 Å². The second-order valence-electron chi connectivity index (χ2n) is 1.03. The molecule has 0 fully saturated rings. The van der Waals surface area contributed by atoms with Crippen LogP contribution in [0.15, 0.2) is 0 Å². The van der Waals surface area contributed by atoms with Crippen LogP contribution < -0.4 is 5.32 Å². The van der Waals surface area contributed by atoms with Crippen LogP contribution in [0.4, 0.5) is 0 Å². The highest BCUT2D eigenvalue weighted by atomic mass is 16.1. The molecular formula is C5H10N2O. The van der Waals surface area contributed by atoms with E-state index in [1.54, 1.807) is 13.1 Å². The zero-order chi connectivity index (χ0) is 6.99. The first-order valence-corrected chi connectivity index (χ1v) is 2.18. The van der Waals surface area contributed by atoms with Gasteiger partial charge in [-0.1, -0.05) is 0 Å². The lowest BCUT2D eigenvalue weighted by Gasteiger charge is -1.80. The second-order valence-corrected chi connectivity index (χ2v) is 1.03. The van der Waals surface area contributed by atoms with Gasteiger partial charge in [-0.2, -0.15) is 5.26 Å². The third kappa shape index (κ3) is 84.4. The molecule has 0 atom stereocenters. The fourth-order valence-electron chi connectivity index (χ4n) is 0. The molecule has 0 aliphatic heterocycles. The van der Waals surface area contributed by atoms with Gasteiger partial charge >= 0.3 is 0 Å². The van der Waals surface area contributed by atoms with Gasteiger partial charge in [-0.3, -0.25) is 4.79 Å². The Hall–Kier alpha value is -1.04.